The quantitative estimate of drug-likeness (QED) is 0.642. The fraction of sp³-hybridized carbons (Fsp3) is 1.00. The number of hydrogen-bond acceptors (Lipinski definition) is 3. The van der Waals surface area contributed by atoms with Gasteiger partial charge in [-0.3, -0.25) is 0 Å². The average Bonchev–Trinajstić information content (AvgIpc) is 2.24. The maximum atomic E-state index is 11.4. The van der Waals surface area contributed by atoms with Crippen LogP contribution >= 0.6 is 11.6 Å². The van der Waals surface area contributed by atoms with Crippen molar-refractivity contribution in [1.29, 1.82) is 0 Å². The molecular formula is C10H23ClN2O2S. The molecule has 0 fully saturated rings. The largest absolute Gasteiger partial charge is 0.302 e. The molecule has 1 atom stereocenters. The molecule has 0 radical (unpaired) electrons. The number of nitrogens with one attached hydrogen (secondary N) is 1. The summed E-state index contributed by atoms with van der Waals surface area (Å²) in [4.78, 5) is 2.14. The van der Waals surface area contributed by atoms with E-state index in [0.717, 1.165) is 13.0 Å². The number of rotatable bonds is 9. The van der Waals surface area contributed by atoms with Crippen LogP contribution in [0.5, 0.6) is 0 Å². The Balaban J connectivity index is 3.80. The fourth-order valence-electron chi connectivity index (χ4n) is 1.23. The number of nitrogens with zero attached hydrogens (tertiary/aromatic N) is 1. The van der Waals surface area contributed by atoms with Crippen molar-refractivity contribution in [2.24, 2.45) is 0 Å². The highest BCUT2D eigenvalue weighted by Gasteiger charge is 2.10. The smallest absolute Gasteiger partial charge is 0.211 e. The topological polar surface area (TPSA) is 49.4 Å². The van der Waals surface area contributed by atoms with Crippen LogP contribution in [0.4, 0.5) is 0 Å². The lowest BCUT2D eigenvalue weighted by atomic mass is 10.2. The van der Waals surface area contributed by atoms with E-state index < -0.39 is 10.0 Å². The first kappa shape index (κ1) is 16.2. The minimum absolute atomic E-state index is 0.115. The Morgan fingerprint density at radius 3 is 2.56 bits per heavy atom. The summed E-state index contributed by atoms with van der Waals surface area (Å²) in [5, 5.41) is 0. The van der Waals surface area contributed by atoms with Crippen LogP contribution in [0, 0.1) is 0 Å². The van der Waals surface area contributed by atoms with Crippen molar-refractivity contribution in [2.75, 3.05) is 31.8 Å². The lowest BCUT2D eigenvalue weighted by molar-refractivity contribution is 0.256. The lowest BCUT2D eigenvalue weighted by Gasteiger charge is -2.23. The van der Waals surface area contributed by atoms with Crippen molar-refractivity contribution in [1.82, 2.24) is 9.62 Å². The van der Waals surface area contributed by atoms with Crippen LogP contribution in [-0.2, 0) is 10.0 Å². The molecule has 0 rings (SSSR count). The Bertz CT molecular complexity index is 270. The van der Waals surface area contributed by atoms with E-state index in [9.17, 15) is 8.42 Å². The fourth-order valence-corrected chi connectivity index (χ4v) is 2.59. The van der Waals surface area contributed by atoms with Gasteiger partial charge >= 0.3 is 0 Å². The molecule has 98 valence electrons. The molecule has 0 aromatic heterocycles. The first-order chi connectivity index (χ1) is 7.43. The van der Waals surface area contributed by atoms with Crippen LogP contribution in [0.2, 0.25) is 0 Å². The van der Waals surface area contributed by atoms with E-state index >= 15 is 0 Å². The number of hydrogen-bond donors (Lipinski definition) is 1. The third-order valence-corrected chi connectivity index (χ3v) is 4.41. The standard InChI is InChI=1S/C10H23ClN2O2S/c1-4-10(2)13(3)8-7-12-16(14,15)9-5-6-11/h10,12H,4-9H2,1-3H3. The minimum atomic E-state index is -3.13. The van der Waals surface area contributed by atoms with Crippen LogP contribution in [-0.4, -0.2) is 51.1 Å². The molecule has 1 N–H and O–H groups in total. The summed E-state index contributed by atoms with van der Waals surface area (Å²) >= 11 is 5.45. The Hall–Kier alpha value is 0.160. The zero-order valence-corrected chi connectivity index (χ0v) is 11.9. The second-order valence-electron chi connectivity index (χ2n) is 3.99. The predicted octanol–water partition coefficient (Wildman–Crippen LogP) is 1.26. The first-order valence-electron chi connectivity index (χ1n) is 5.66. The van der Waals surface area contributed by atoms with E-state index in [1.165, 1.54) is 0 Å². The van der Waals surface area contributed by atoms with Gasteiger partial charge in [-0.05, 0) is 26.8 Å². The third-order valence-electron chi connectivity index (χ3n) is 2.68. The first-order valence-corrected chi connectivity index (χ1v) is 7.85. The van der Waals surface area contributed by atoms with Gasteiger partial charge in [-0.25, -0.2) is 13.1 Å². The summed E-state index contributed by atoms with van der Waals surface area (Å²) in [6.07, 6.45) is 1.56. The molecule has 4 nitrogen and oxygen atoms in total. The molecule has 0 bridgehead atoms. The van der Waals surface area contributed by atoms with E-state index in [4.69, 9.17) is 11.6 Å². The van der Waals surface area contributed by atoms with Crippen molar-refractivity contribution in [3.8, 4) is 0 Å². The highest BCUT2D eigenvalue weighted by molar-refractivity contribution is 7.89. The van der Waals surface area contributed by atoms with Crippen molar-refractivity contribution in [2.45, 2.75) is 32.7 Å². The maximum absolute atomic E-state index is 11.4. The lowest BCUT2D eigenvalue weighted by Crippen LogP contribution is -2.37. The van der Waals surface area contributed by atoms with Gasteiger partial charge in [0.1, 0.15) is 0 Å². The van der Waals surface area contributed by atoms with Gasteiger partial charge in [-0.2, -0.15) is 0 Å². The summed E-state index contributed by atoms with van der Waals surface area (Å²) in [7, 11) is -1.13. The molecule has 0 saturated heterocycles. The van der Waals surface area contributed by atoms with Gasteiger partial charge in [0.25, 0.3) is 0 Å². The van der Waals surface area contributed by atoms with Crippen LogP contribution in [0.3, 0.4) is 0 Å². The van der Waals surface area contributed by atoms with Gasteiger partial charge in [0, 0.05) is 25.0 Å². The van der Waals surface area contributed by atoms with Crippen LogP contribution in [0.15, 0.2) is 0 Å². The van der Waals surface area contributed by atoms with Gasteiger partial charge in [-0.15, -0.1) is 11.6 Å². The van der Waals surface area contributed by atoms with Crippen LogP contribution < -0.4 is 4.72 Å². The maximum Gasteiger partial charge on any atom is 0.211 e. The summed E-state index contributed by atoms with van der Waals surface area (Å²) in [5.74, 6) is 0.497. The van der Waals surface area contributed by atoms with E-state index in [2.05, 4.69) is 23.5 Å². The molecule has 0 heterocycles. The minimum Gasteiger partial charge on any atom is -0.302 e. The number of alkyl halides is 1. The molecule has 0 aromatic carbocycles. The molecule has 1 unspecified atom stereocenters. The van der Waals surface area contributed by atoms with Gasteiger partial charge in [0.15, 0.2) is 0 Å². The van der Waals surface area contributed by atoms with Crippen LogP contribution in [0.25, 0.3) is 0 Å². The van der Waals surface area contributed by atoms with E-state index in [-0.39, 0.29) is 5.75 Å². The monoisotopic (exact) mass is 270 g/mol. The Kier molecular flexibility index (Phi) is 8.36. The van der Waals surface area contributed by atoms with Crippen molar-refractivity contribution in [3.63, 3.8) is 0 Å². The zero-order chi connectivity index (χ0) is 12.6. The summed E-state index contributed by atoms with van der Waals surface area (Å²) in [6, 6.07) is 0.479. The number of halogens is 1. The summed E-state index contributed by atoms with van der Waals surface area (Å²) < 4.78 is 25.4. The van der Waals surface area contributed by atoms with Crippen molar-refractivity contribution in [3.05, 3.63) is 0 Å². The molecular weight excluding hydrogens is 248 g/mol. The third kappa shape index (κ3) is 7.44. The van der Waals surface area contributed by atoms with E-state index in [0.29, 0.717) is 24.9 Å². The zero-order valence-electron chi connectivity index (χ0n) is 10.4. The summed E-state index contributed by atoms with van der Waals surface area (Å²) in [5.41, 5.74) is 0. The van der Waals surface area contributed by atoms with E-state index in [1.54, 1.807) is 0 Å². The SMILES string of the molecule is CCC(C)N(C)CCNS(=O)(=O)CCCCl. The number of sulfonamides is 1. The highest BCUT2D eigenvalue weighted by Crippen LogP contribution is 1.98. The van der Waals surface area contributed by atoms with Crippen molar-refractivity contribution < 1.29 is 8.42 Å². The molecule has 0 amide bonds. The molecule has 0 aliphatic carbocycles. The van der Waals surface area contributed by atoms with Crippen molar-refractivity contribution >= 4 is 21.6 Å². The molecule has 0 aliphatic rings. The molecule has 0 aliphatic heterocycles. The second-order valence-corrected chi connectivity index (χ2v) is 6.30. The van der Waals surface area contributed by atoms with Gasteiger partial charge in [0.2, 0.25) is 10.0 Å². The Labute approximate surface area is 104 Å². The van der Waals surface area contributed by atoms with Gasteiger partial charge in [-0.1, -0.05) is 6.92 Å². The van der Waals surface area contributed by atoms with Crippen LogP contribution in [0.1, 0.15) is 26.7 Å². The van der Waals surface area contributed by atoms with E-state index in [1.807, 2.05) is 7.05 Å². The molecule has 6 heteroatoms. The second kappa shape index (κ2) is 8.28. The molecule has 0 aromatic rings. The molecule has 16 heavy (non-hydrogen) atoms. The Morgan fingerprint density at radius 1 is 1.44 bits per heavy atom. The summed E-state index contributed by atoms with van der Waals surface area (Å²) in [6.45, 7) is 5.44. The van der Waals surface area contributed by atoms with Gasteiger partial charge in [0.05, 0.1) is 5.75 Å². The molecule has 0 spiro atoms. The average molecular weight is 271 g/mol. The molecule has 0 saturated carbocycles. The Morgan fingerprint density at radius 2 is 2.06 bits per heavy atom. The number of likely N-dealkylation sites (N-methyl/N-ethyl adjacent to an activating group) is 1. The van der Waals surface area contributed by atoms with Gasteiger partial charge < -0.3 is 4.90 Å². The predicted molar refractivity (Wildman–Crippen MR) is 69.5 cm³/mol. The normalized spacial score (nSPS) is 14.3. The highest BCUT2D eigenvalue weighted by atomic mass is 35.5.